The Morgan fingerprint density at radius 1 is 1.05 bits per heavy atom. The van der Waals surface area contributed by atoms with Crippen molar-refractivity contribution in [2.45, 2.75) is 6.61 Å². The molecule has 3 rings (SSSR count). The number of pyridine rings is 1. The maximum Gasteiger partial charge on any atom is 0.138 e. The summed E-state index contributed by atoms with van der Waals surface area (Å²) < 4.78 is 5.74. The van der Waals surface area contributed by atoms with E-state index in [9.17, 15) is 0 Å². The fourth-order valence-electron chi connectivity index (χ4n) is 2.28. The molecule has 0 bridgehead atoms. The number of halogens is 1. The van der Waals surface area contributed by atoms with Crippen molar-refractivity contribution in [1.29, 1.82) is 0 Å². The number of aromatic nitrogens is 1. The molecule has 4 nitrogen and oxygen atoms in total. The summed E-state index contributed by atoms with van der Waals surface area (Å²) in [5, 5.41) is 3.34. The lowest BCUT2D eigenvalue weighted by molar-refractivity contribution is 0.305. The molecule has 1 aromatic heterocycles. The van der Waals surface area contributed by atoms with Crippen molar-refractivity contribution >= 4 is 18.2 Å². The lowest BCUT2D eigenvalue weighted by Gasteiger charge is -2.28. The fourth-order valence-corrected chi connectivity index (χ4v) is 2.28. The van der Waals surface area contributed by atoms with E-state index in [-0.39, 0.29) is 12.4 Å². The van der Waals surface area contributed by atoms with Crippen LogP contribution >= 0.6 is 12.4 Å². The minimum atomic E-state index is 0. The van der Waals surface area contributed by atoms with E-state index in [1.54, 1.807) is 6.20 Å². The number of benzene rings is 1. The second-order valence-corrected chi connectivity index (χ2v) is 4.86. The third-order valence-corrected chi connectivity index (χ3v) is 3.41. The maximum absolute atomic E-state index is 5.74. The van der Waals surface area contributed by atoms with Gasteiger partial charge in [0.2, 0.25) is 0 Å². The van der Waals surface area contributed by atoms with Gasteiger partial charge in [0.25, 0.3) is 0 Å². The predicted molar refractivity (Wildman–Crippen MR) is 87.3 cm³/mol. The molecule has 0 aliphatic carbocycles. The van der Waals surface area contributed by atoms with Gasteiger partial charge >= 0.3 is 0 Å². The van der Waals surface area contributed by atoms with Crippen LogP contribution in [0.2, 0.25) is 0 Å². The van der Waals surface area contributed by atoms with Crippen LogP contribution in [-0.2, 0) is 6.61 Å². The molecule has 1 aliphatic heterocycles. The van der Waals surface area contributed by atoms with Gasteiger partial charge in [-0.05, 0) is 17.7 Å². The van der Waals surface area contributed by atoms with Crippen molar-refractivity contribution in [2.24, 2.45) is 0 Å². The van der Waals surface area contributed by atoms with Gasteiger partial charge < -0.3 is 15.0 Å². The first-order valence-corrected chi connectivity index (χ1v) is 7.00. The normalized spacial score (nSPS) is 14.4. The standard InChI is InChI=1S/C16H19N3O.ClH/c1-2-4-14(5-3-1)13-20-15-6-7-16(18-12-15)19-10-8-17-9-11-19;/h1-7,12,17H,8-11,13H2;1H. The van der Waals surface area contributed by atoms with Crippen molar-refractivity contribution in [3.8, 4) is 5.75 Å². The third kappa shape index (κ3) is 4.34. The van der Waals surface area contributed by atoms with Crippen LogP contribution in [-0.4, -0.2) is 31.2 Å². The molecule has 2 aromatic rings. The highest BCUT2D eigenvalue weighted by atomic mass is 35.5. The van der Waals surface area contributed by atoms with Crippen LogP contribution in [0.5, 0.6) is 5.75 Å². The first kappa shape index (κ1) is 15.6. The van der Waals surface area contributed by atoms with E-state index in [1.165, 1.54) is 5.56 Å². The quantitative estimate of drug-likeness (QED) is 0.942. The van der Waals surface area contributed by atoms with Crippen LogP contribution in [0, 0.1) is 0 Å². The molecular formula is C16H20ClN3O. The molecule has 1 N–H and O–H groups in total. The Kier molecular flexibility index (Phi) is 5.84. The molecule has 5 heteroatoms. The second-order valence-electron chi connectivity index (χ2n) is 4.86. The molecule has 0 radical (unpaired) electrons. The molecule has 1 fully saturated rings. The Bertz CT molecular complexity index is 527. The summed E-state index contributed by atoms with van der Waals surface area (Å²) in [5.41, 5.74) is 1.17. The fraction of sp³-hybridized carbons (Fsp3) is 0.312. The van der Waals surface area contributed by atoms with Gasteiger partial charge in [0, 0.05) is 26.2 Å². The lowest BCUT2D eigenvalue weighted by Crippen LogP contribution is -2.43. The Morgan fingerprint density at radius 3 is 2.48 bits per heavy atom. The smallest absolute Gasteiger partial charge is 0.138 e. The van der Waals surface area contributed by atoms with E-state index < -0.39 is 0 Å². The van der Waals surface area contributed by atoms with Crippen molar-refractivity contribution in [2.75, 3.05) is 31.1 Å². The Labute approximate surface area is 131 Å². The Hall–Kier alpha value is -1.78. The SMILES string of the molecule is Cl.c1ccc(COc2ccc(N3CCNCC3)nc2)cc1. The average molecular weight is 306 g/mol. The molecular weight excluding hydrogens is 286 g/mol. The monoisotopic (exact) mass is 305 g/mol. The Morgan fingerprint density at radius 2 is 1.81 bits per heavy atom. The number of ether oxygens (including phenoxy) is 1. The molecule has 2 heterocycles. The van der Waals surface area contributed by atoms with Crippen LogP contribution in [0.1, 0.15) is 5.56 Å². The first-order valence-electron chi connectivity index (χ1n) is 7.00. The molecule has 1 aliphatic rings. The van der Waals surface area contributed by atoms with Crippen molar-refractivity contribution in [3.05, 3.63) is 54.2 Å². The van der Waals surface area contributed by atoms with Gasteiger partial charge in [0.15, 0.2) is 0 Å². The number of nitrogens with one attached hydrogen (secondary N) is 1. The molecule has 1 saturated heterocycles. The highest BCUT2D eigenvalue weighted by Crippen LogP contribution is 2.17. The average Bonchev–Trinajstić information content (AvgIpc) is 2.55. The largest absolute Gasteiger partial charge is 0.487 e. The molecule has 21 heavy (non-hydrogen) atoms. The summed E-state index contributed by atoms with van der Waals surface area (Å²) >= 11 is 0. The van der Waals surface area contributed by atoms with E-state index in [0.29, 0.717) is 6.61 Å². The van der Waals surface area contributed by atoms with Crippen molar-refractivity contribution in [3.63, 3.8) is 0 Å². The molecule has 0 saturated carbocycles. The molecule has 0 atom stereocenters. The summed E-state index contributed by atoms with van der Waals surface area (Å²) in [6.07, 6.45) is 1.81. The number of hydrogen-bond acceptors (Lipinski definition) is 4. The minimum absolute atomic E-state index is 0. The van der Waals surface area contributed by atoms with Crippen LogP contribution in [0.3, 0.4) is 0 Å². The predicted octanol–water partition coefficient (Wildman–Crippen LogP) is 2.49. The highest BCUT2D eigenvalue weighted by molar-refractivity contribution is 5.85. The summed E-state index contributed by atoms with van der Waals surface area (Å²) in [7, 11) is 0. The van der Waals surface area contributed by atoms with Crippen LogP contribution in [0.15, 0.2) is 48.7 Å². The van der Waals surface area contributed by atoms with E-state index >= 15 is 0 Å². The van der Waals surface area contributed by atoms with Crippen LogP contribution in [0.25, 0.3) is 0 Å². The van der Waals surface area contributed by atoms with Crippen LogP contribution < -0.4 is 15.0 Å². The molecule has 0 unspecified atom stereocenters. The number of nitrogens with zero attached hydrogens (tertiary/aromatic N) is 2. The summed E-state index contributed by atoms with van der Waals surface area (Å²) in [5.74, 6) is 1.84. The zero-order valence-electron chi connectivity index (χ0n) is 11.9. The molecule has 0 spiro atoms. The summed E-state index contributed by atoms with van der Waals surface area (Å²) in [6.45, 7) is 4.64. The third-order valence-electron chi connectivity index (χ3n) is 3.41. The highest BCUT2D eigenvalue weighted by Gasteiger charge is 2.11. The van der Waals surface area contributed by atoms with E-state index in [0.717, 1.165) is 37.7 Å². The van der Waals surface area contributed by atoms with Gasteiger partial charge in [0.05, 0.1) is 6.20 Å². The summed E-state index contributed by atoms with van der Waals surface area (Å²) in [6, 6.07) is 14.2. The zero-order valence-corrected chi connectivity index (χ0v) is 12.7. The number of hydrogen-bond donors (Lipinski definition) is 1. The van der Waals surface area contributed by atoms with Crippen molar-refractivity contribution in [1.82, 2.24) is 10.3 Å². The lowest BCUT2D eigenvalue weighted by atomic mass is 10.2. The van der Waals surface area contributed by atoms with Crippen LogP contribution in [0.4, 0.5) is 5.82 Å². The maximum atomic E-state index is 5.74. The van der Waals surface area contributed by atoms with E-state index in [1.807, 2.05) is 30.3 Å². The molecule has 0 amide bonds. The molecule has 1 aromatic carbocycles. The first-order chi connectivity index (χ1) is 9.92. The minimum Gasteiger partial charge on any atom is -0.487 e. The number of rotatable bonds is 4. The van der Waals surface area contributed by atoms with Gasteiger partial charge in [-0.3, -0.25) is 0 Å². The van der Waals surface area contributed by atoms with Gasteiger partial charge in [-0.2, -0.15) is 0 Å². The topological polar surface area (TPSA) is 37.4 Å². The van der Waals surface area contributed by atoms with Gasteiger partial charge in [-0.15, -0.1) is 12.4 Å². The van der Waals surface area contributed by atoms with E-state index in [4.69, 9.17) is 4.74 Å². The van der Waals surface area contributed by atoms with Gasteiger partial charge in [-0.25, -0.2) is 4.98 Å². The van der Waals surface area contributed by atoms with Gasteiger partial charge in [-0.1, -0.05) is 30.3 Å². The van der Waals surface area contributed by atoms with Gasteiger partial charge in [0.1, 0.15) is 18.2 Å². The summed E-state index contributed by atoms with van der Waals surface area (Å²) in [4.78, 5) is 6.78. The number of piperazine rings is 1. The zero-order chi connectivity index (χ0) is 13.6. The number of anilines is 1. The second kappa shape index (κ2) is 7.86. The van der Waals surface area contributed by atoms with E-state index in [2.05, 4.69) is 27.3 Å². The Balaban J connectivity index is 0.00000161. The van der Waals surface area contributed by atoms with Crippen molar-refractivity contribution < 1.29 is 4.74 Å². The molecule has 112 valence electrons.